The van der Waals surface area contributed by atoms with Gasteiger partial charge < -0.3 is 10.0 Å². The van der Waals surface area contributed by atoms with Gasteiger partial charge in [0.05, 0.1) is 6.10 Å². The van der Waals surface area contributed by atoms with Gasteiger partial charge in [-0.2, -0.15) is 0 Å². The van der Waals surface area contributed by atoms with Gasteiger partial charge in [0.1, 0.15) is 5.84 Å². The van der Waals surface area contributed by atoms with Crippen LogP contribution in [0.4, 0.5) is 0 Å². The molecule has 0 aromatic carbocycles. The molecule has 1 N–H and O–H groups in total. The van der Waals surface area contributed by atoms with Crippen LogP contribution in [0, 0.1) is 5.92 Å². The van der Waals surface area contributed by atoms with Crippen LogP contribution in [0.25, 0.3) is 0 Å². The van der Waals surface area contributed by atoms with E-state index in [9.17, 15) is 5.11 Å². The second-order valence-corrected chi connectivity index (χ2v) is 4.36. The van der Waals surface area contributed by atoms with Gasteiger partial charge in [-0.25, -0.2) is 0 Å². The SMILES string of the molecule is CCC(O)CC1CCN2CCCN=C12. The van der Waals surface area contributed by atoms with Crippen LogP contribution >= 0.6 is 0 Å². The van der Waals surface area contributed by atoms with Crippen molar-refractivity contribution in [3.63, 3.8) is 0 Å². The second-order valence-electron chi connectivity index (χ2n) is 4.36. The normalized spacial score (nSPS) is 28.6. The number of fused-ring (bicyclic) bond motifs is 1. The fourth-order valence-electron chi connectivity index (χ4n) is 2.44. The Bertz CT molecular complexity index is 227. The van der Waals surface area contributed by atoms with Crippen LogP contribution in [0.15, 0.2) is 4.99 Å². The molecule has 3 heteroatoms. The molecule has 80 valence electrons. The van der Waals surface area contributed by atoms with E-state index in [1.165, 1.54) is 25.2 Å². The van der Waals surface area contributed by atoms with Crippen molar-refractivity contribution in [2.45, 2.75) is 38.7 Å². The highest BCUT2D eigenvalue weighted by Gasteiger charge is 2.31. The number of rotatable bonds is 3. The zero-order valence-corrected chi connectivity index (χ0v) is 8.95. The minimum atomic E-state index is -0.135. The van der Waals surface area contributed by atoms with E-state index < -0.39 is 0 Å². The van der Waals surface area contributed by atoms with Gasteiger partial charge in [0.25, 0.3) is 0 Å². The number of aliphatic imine (C=N–C) groups is 1. The van der Waals surface area contributed by atoms with Crippen LogP contribution in [0.1, 0.15) is 32.6 Å². The van der Waals surface area contributed by atoms with Crippen molar-refractivity contribution in [1.29, 1.82) is 0 Å². The standard InChI is InChI=1S/C11H20N2O/c1-2-10(14)8-9-4-7-13-6-3-5-12-11(9)13/h9-10,14H,2-8H2,1H3. The Labute approximate surface area is 85.8 Å². The van der Waals surface area contributed by atoms with Crippen LogP contribution in [0.5, 0.6) is 0 Å². The zero-order chi connectivity index (χ0) is 9.97. The van der Waals surface area contributed by atoms with E-state index in [0.717, 1.165) is 25.9 Å². The molecular formula is C11H20N2O. The lowest BCUT2D eigenvalue weighted by atomic mass is 9.98. The fraction of sp³-hybridized carbons (Fsp3) is 0.909. The first kappa shape index (κ1) is 9.97. The Morgan fingerprint density at radius 3 is 3.21 bits per heavy atom. The topological polar surface area (TPSA) is 35.8 Å². The molecule has 3 nitrogen and oxygen atoms in total. The van der Waals surface area contributed by atoms with Crippen LogP contribution < -0.4 is 0 Å². The predicted octanol–water partition coefficient (Wildman–Crippen LogP) is 1.27. The van der Waals surface area contributed by atoms with E-state index in [0.29, 0.717) is 5.92 Å². The molecule has 0 aromatic rings. The molecule has 2 heterocycles. The van der Waals surface area contributed by atoms with Gasteiger partial charge >= 0.3 is 0 Å². The van der Waals surface area contributed by atoms with E-state index in [4.69, 9.17) is 0 Å². The van der Waals surface area contributed by atoms with E-state index in [-0.39, 0.29) is 6.10 Å². The molecule has 1 saturated heterocycles. The predicted molar refractivity (Wildman–Crippen MR) is 57.5 cm³/mol. The van der Waals surface area contributed by atoms with E-state index in [1.54, 1.807) is 0 Å². The van der Waals surface area contributed by atoms with Crippen LogP contribution in [-0.2, 0) is 0 Å². The summed E-state index contributed by atoms with van der Waals surface area (Å²) in [6.07, 6.45) is 4.03. The summed E-state index contributed by atoms with van der Waals surface area (Å²) in [4.78, 5) is 6.99. The molecule has 0 aliphatic carbocycles. The summed E-state index contributed by atoms with van der Waals surface area (Å²) < 4.78 is 0. The molecule has 2 unspecified atom stereocenters. The molecule has 14 heavy (non-hydrogen) atoms. The van der Waals surface area contributed by atoms with Crippen LogP contribution in [0.3, 0.4) is 0 Å². The van der Waals surface area contributed by atoms with E-state index in [1.807, 2.05) is 6.92 Å². The summed E-state index contributed by atoms with van der Waals surface area (Å²) in [6, 6.07) is 0. The van der Waals surface area contributed by atoms with Crippen molar-refractivity contribution in [1.82, 2.24) is 4.90 Å². The molecular weight excluding hydrogens is 176 g/mol. The van der Waals surface area contributed by atoms with Gasteiger partial charge in [-0.15, -0.1) is 0 Å². The summed E-state index contributed by atoms with van der Waals surface area (Å²) in [7, 11) is 0. The highest BCUT2D eigenvalue weighted by atomic mass is 16.3. The van der Waals surface area contributed by atoms with Crippen molar-refractivity contribution < 1.29 is 5.11 Å². The second kappa shape index (κ2) is 4.30. The maximum atomic E-state index is 9.64. The molecule has 0 aromatic heterocycles. The smallest absolute Gasteiger partial charge is 0.102 e. The molecule has 2 aliphatic rings. The first-order chi connectivity index (χ1) is 6.81. The zero-order valence-electron chi connectivity index (χ0n) is 8.95. The Kier molecular flexibility index (Phi) is 3.06. The van der Waals surface area contributed by atoms with Gasteiger partial charge in [0.2, 0.25) is 0 Å². The van der Waals surface area contributed by atoms with Crippen LogP contribution in [0.2, 0.25) is 0 Å². The Morgan fingerprint density at radius 2 is 2.43 bits per heavy atom. The number of hydrogen-bond acceptors (Lipinski definition) is 3. The van der Waals surface area contributed by atoms with Gasteiger partial charge in [-0.05, 0) is 25.7 Å². The summed E-state index contributed by atoms with van der Waals surface area (Å²) in [5.74, 6) is 1.81. The molecule has 0 radical (unpaired) electrons. The number of aliphatic hydroxyl groups is 1. The summed E-state index contributed by atoms with van der Waals surface area (Å²) in [5, 5.41) is 9.64. The minimum absolute atomic E-state index is 0.135. The monoisotopic (exact) mass is 196 g/mol. The lowest BCUT2D eigenvalue weighted by molar-refractivity contribution is 0.149. The first-order valence-corrected chi connectivity index (χ1v) is 5.78. The third-order valence-electron chi connectivity index (χ3n) is 3.32. The van der Waals surface area contributed by atoms with E-state index in [2.05, 4.69) is 9.89 Å². The lowest BCUT2D eigenvalue weighted by Crippen LogP contribution is -2.33. The number of aliphatic hydroxyl groups excluding tert-OH is 1. The average Bonchev–Trinajstić information content (AvgIpc) is 2.62. The Balaban J connectivity index is 1.97. The fourth-order valence-corrected chi connectivity index (χ4v) is 2.44. The largest absolute Gasteiger partial charge is 0.393 e. The van der Waals surface area contributed by atoms with E-state index >= 15 is 0 Å². The summed E-state index contributed by atoms with van der Waals surface area (Å²) in [6.45, 7) is 5.36. The van der Waals surface area contributed by atoms with Crippen molar-refractivity contribution in [3.05, 3.63) is 0 Å². The molecule has 2 rings (SSSR count). The van der Waals surface area contributed by atoms with Gasteiger partial charge in [-0.3, -0.25) is 4.99 Å². The molecule has 0 saturated carbocycles. The van der Waals surface area contributed by atoms with Crippen LogP contribution in [-0.4, -0.2) is 41.6 Å². The van der Waals surface area contributed by atoms with Gasteiger partial charge in [-0.1, -0.05) is 6.92 Å². The Hall–Kier alpha value is -0.570. The molecule has 0 amide bonds. The maximum absolute atomic E-state index is 9.64. The summed E-state index contributed by atoms with van der Waals surface area (Å²) in [5.41, 5.74) is 0. The number of amidine groups is 1. The highest BCUT2D eigenvalue weighted by Crippen LogP contribution is 2.26. The van der Waals surface area contributed by atoms with Gasteiger partial charge in [0, 0.05) is 25.6 Å². The summed E-state index contributed by atoms with van der Waals surface area (Å²) >= 11 is 0. The van der Waals surface area contributed by atoms with Crippen molar-refractivity contribution in [2.24, 2.45) is 10.9 Å². The molecule has 2 atom stereocenters. The lowest BCUT2D eigenvalue weighted by Gasteiger charge is -2.25. The quantitative estimate of drug-likeness (QED) is 0.738. The average molecular weight is 196 g/mol. The number of nitrogens with zero attached hydrogens (tertiary/aromatic N) is 2. The van der Waals surface area contributed by atoms with Crippen molar-refractivity contribution >= 4 is 5.84 Å². The molecule has 1 fully saturated rings. The third kappa shape index (κ3) is 1.92. The minimum Gasteiger partial charge on any atom is -0.393 e. The molecule has 0 spiro atoms. The molecule has 2 aliphatic heterocycles. The van der Waals surface area contributed by atoms with Crippen molar-refractivity contribution in [3.8, 4) is 0 Å². The number of hydrogen-bond donors (Lipinski definition) is 1. The van der Waals surface area contributed by atoms with Gasteiger partial charge in [0.15, 0.2) is 0 Å². The highest BCUT2D eigenvalue weighted by molar-refractivity contribution is 5.87. The first-order valence-electron chi connectivity index (χ1n) is 5.78. The maximum Gasteiger partial charge on any atom is 0.102 e. The molecule has 0 bridgehead atoms. The van der Waals surface area contributed by atoms with Crippen molar-refractivity contribution in [2.75, 3.05) is 19.6 Å². The Morgan fingerprint density at radius 1 is 1.57 bits per heavy atom. The third-order valence-corrected chi connectivity index (χ3v) is 3.32.